The zero-order chi connectivity index (χ0) is 15.4. The van der Waals surface area contributed by atoms with E-state index in [1.165, 1.54) is 18.2 Å². The van der Waals surface area contributed by atoms with E-state index >= 15 is 0 Å². The molecule has 0 spiro atoms. The van der Waals surface area contributed by atoms with E-state index in [2.05, 4.69) is 10.3 Å². The van der Waals surface area contributed by atoms with E-state index < -0.39 is 16.6 Å². The Bertz CT molecular complexity index is 700. The number of aromatic nitrogens is 1. The number of pyridine rings is 1. The zero-order valence-corrected chi connectivity index (χ0v) is 11.2. The van der Waals surface area contributed by atoms with Crippen molar-refractivity contribution in [3.63, 3.8) is 0 Å². The maximum Gasteiger partial charge on any atom is 0.342 e. The minimum Gasteiger partial charge on any atom is -0.477 e. The van der Waals surface area contributed by atoms with Gasteiger partial charge in [-0.1, -0.05) is 12.1 Å². The Morgan fingerprint density at radius 2 is 2.05 bits per heavy atom. The molecule has 0 unspecified atom stereocenters. The Hall–Kier alpha value is -2.96. The van der Waals surface area contributed by atoms with Gasteiger partial charge in [0, 0.05) is 5.69 Å². The monoisotopic (exact) mass is 287 g/mol. The summed E-state index contributed by atoms with van der Waals surface area (Å²) in [6, 6.07) is 9.60. The number of benzene rings is 1. The molecule has 7 heteroatoms. The van der Waals surface area contributed by atoms with Crippen molar-refractivity contribution < 1.29 is 14.8 Å². The van der Waals surface area contributed by atoms with Crippen LogP contribution >= 0.6 is 0 Å². The molecular formula is C14H13N3O4. The molecule has 7 nitrogen and oxygen atoms in total. The van der Waals surface area contributed by atoms with Crippen LogP contribution in [-0.2, 0) is 6.54 Å². The van der Waals surface area contributed by atoms with E-state index in [4.69, 9.17) is 5.11 Å². The fourth-order valence-electron chi connectivity index (χ4n) is 1.94. The van der Waals surface area contributed by atoms with Crippen molar-refractivity contribution in [3.05, 3.63) is 63.5 Å². The molecule has 2 aromatic rings. The molecule has 0 aliphatic carbocycles. The predicted molar refractivity (Wildman–Crippen MR) is 76.4 cm³/mol. The van der Waals surface area contributed by atoms with Gasteiger partial charge in [-0.05, 0) is 31.2 Å². The number of rotatable bonds is 5. The van der Waals surface area contributed by atoms with E-state index in [1.54, 1.807) is 6.07 Å². The standard InChI is InChI=1S/C14H13N3O4/c1-9-4-2-5-10(16-9)8-15-12-7-3-6-11(14(18)19)13(12)17(20)21/h2-7,15H,8H2,1H3,(H,18,19). The van der Waals surface area contributed by atoms with Crippen LogP contribution in [0.5, 0.6) is 0 Å². The molecule has 0 atom stereocenters. The molecule has 0 aliphatic rings. The molecule has 2 rings (SSSR count). The van der Waals surface area contributed by atoms with Gasteiger partial charge < -0.3 is 10.4 Å². The molecule has 0 aliphatic heterocycles. The Balaban J connectivity index is 2.30. The van der Waals surface area contributed by atoms with Crippen LogP contribution in [-0.4, -0.2) is 21.0 Å². The van der Waals surface area contributed by atoms with E-state index in [0.717, 1.165) is 5.69 Å². The second-order valence-corrected chi connectivity index (χ2v) is 4.39. The van der Waals surface area contributed by atoms with Crippen LogP contribution < -0.4 is 5.32 Å². The predicted octanol–water partition coefficient (Wildman–Crippen LogP) is 2.61. The van der Waals surface area contributed by atoms with Crippen LogP contribution in [0, 0.1) is 17.0 Å². The number of para-hydroxylation sites is 1. The summed E-state index contributed by atoms with van der Waals surface area (Å²) in [6.45, 7) is 2.11. The number of carboxylic acid groups (broad SMARTS) is 1. The third kappa shape index (κ3) is 3.33. The van der Waals surface area contributed by atoms with Crippen LogP contribution in [0.4, 0.5) is 11.4 Å². The maximum atomic E-state index is 11.1. The third-order valence-corrected chi connectivity index (χ3v) is 2.85. The quantitative estimate of drug-likeness (QED) is 0.646. The number of aryl methyl sites for hydroxylation is 1. The molecule has 1 aromatic carbocycles. The second kappa shape index (κ2) is 6.00. The molecule has 21 heavy (non-hydrogen) atoms. The number of nitro groups is 1. The largest absolute Gasteiger partial charge is 0.477 e. The summed E-state index contributed by atoms with van der Waals surface area (Å²) in [4.78, 5) is 25.7. The lowest BCUT2D eigenvalue weighted by Gasteiger charge is -2.08. The molecule has 0 saturated carbocycles. The van der Waals surface area contributed by atoms with Gasteiger partial charge in [0.1, 0.15) is 11.3 Å². The van der Waals surface area contributed by atoms with Crippen molar-refractivity contribution in [2.24, 2.45) is 0 Å². The minimum absolute atomic E-state index is 0.156. The number of nitrogens with zero attached hydrogens (tertiary/aromatic N) is 2. The van der Waals surface area contributed by atoms with Gasteiger partial charge in [-0.3, -0.25) is 15.1 Å². The SMILES string of the molecule is Cc1cccc(CNc2cccc(C(=O)O)c2[N+](=O)[O-])n1. The molecule has 1 aromatic heterocycles. The Morgan fingerprint density at radius 1 is 1.33 bits per heavy atom. The summed E-state index contributed by atoms with van der Waals surface area (Å²) < 4.78 is 0. The van der Waals surface area contributed by atoms with Gasteiger partial charge in [-0.25, -0.2) is 4.79 Å². The van der Waals surface area contributed by atoms with E-state index in [1.807, 2.05) is 19.1 Å². The van der Waals surface area contributed by atoms with Gasteiger partial charge in [0.2, 0.25) is 0 Å². The molecule has 0 amide bonds. The number of hydrogen-bond donors (Lipinski definition) is 2. The third-order valence-electron chi connectivity index (χ3n) is 2.85. The van der Waals surface area contributed by atoms with Gasteiger partial charge in [0.05, 0.1) is 17.2 Å². The molecule has 0 saturated heterocycles. The highest BCUT2D eigenvalue weighted by atomic mass is 16.6. The Morgan fingerprint density at radius 3 is 2.67 bits per heavy atom. The number of carboxylic acids is 1. The smallest absolute Gasteiger partial charge is 0.342 e. The molecule has 0 radical (unpaired) electrons. The summed E-state index contributed by atoms with van der Waals surface area (Å²) >= 11 is 0. The second-order valence-electron chi connectivity index (χ2n) is 4.39. The van der Waals surface area contributed by atoms with Crippen molar-refractivity contribution in [3.8, 4) is 0 Å². The Labute approximate surface area is 120 Å². The normalized spacial score (nSPS) is 10.1. The number of carbonyl (C=O) groups is 1. The highest BCUT2D eigenvalue weighted by Gasteiger charge is 2.23. The first-order valence-electron chi connectivity index (χ1n) is 6.16. The lowest BCUT2D eigenvalue weighted by Crippen LogP contribution is -2.08. The van der Waals surface area contributed by atoms with E-state index in [-0.39, 0.29) is 17.8 Å². The van der Waals surface area contributed by atoms with Gasteiger partial charge in [0.25, 0.3) is 0 Å². The number of nitrogens with one attached hydrogen (secondary N) is 1. The number of hydrogen-bond acceptors (Lipinski definition) is 5. The van der Waals surface area contributed by atoms with Crippen LogP contribution in [0.1, 0.15) is 21.7 Å². The van der Waals surface area contributed by atoms with Gasteiger partial charge in [-0.15, -0.1) is 0 Å². The van der Waals surface area contributed by atoms with Gasteiger partial charge in [0.15, 0.2) is 0 Å². The lowest BCUT2D eigenvalue weighted by molar-refractivity contribution is -0.384. The lowest BCUT2D eigenvalue weighted by atomic mass is 10.1. The molecular weight excluding hydrogens is 274 g/mol. The average molecular weight is 287 g/mol. The highest BCUT2D eigenvalue weighted by molar-refractivity contribution is 5.95. The van der Waals surface area contributed by atoms with Crippen molar-refractivity contribution in [2.75, 3.05) is 5.32 Å². The fourth-order valence-corrected chi connectivity index (χ4v) is 1.94. The van der Waals surface area contributed by atoms with E-state index in [9.17, 15) is 14.9 Å². The number of anilines is 1. The first-order valence-corrected chi connectivity index (χ1v) is 6.16. The van der Waals surface area contributed by atoms with Crippen molar-refractivity contribution in [1.82, 2.24) is 4.98 Å². The van der Waals surface area contributed by atoms with Crippen LogP contribution in [0.2, 0.25) is 0 Å². The summed E-state index contributed by atoms with van der Waals surface area (Å²) in [5.74, 6) is -1.33. The van der Waals surface area contributed by atoms with E-state index in [0.29, 0.717) is 5.69 Å². The topological polar surface area (TPSA) is 105 Å². The van der Waals surface area contributed by atoms with Crippen molar-refractivity contribution in [2.45, 2.75) is 13.5 Å². The van der Waals surface area contributed by atoms with Gasteiger partial charge in [-0.2, -0.15) is 0 Å². The van der Waals surface area contributed by atoms with Crippen LogP contribution in [0.25, 0.3) is 0 Å². The molecule has 108 valence electrons. The highest BCUT2D eigenvalue weighted by Crippen LogP contribution is 2.28. The summed E-state index contributed by atoms with van der Waals surface area (Å²) in [7, 11) is 0. The fraction of sp³-hybridized carbons (Fsp3) is 0.143. The molecule has 2 N–H and O–H groups in total. The number of nitro benzene ring substituents is 1. The molecule has 0 fully saturated rings. The summed E-state index contributed by atoms with van der Waals surface area (Å²) in [6.07, 6.45) is 0. The van der Waals surface area contributed by atoms with Crippen LogP contribution in [0.15, 0.2) is 36.4 Å². The van der Waals surface area contributed by atoms with Gasteiger partial charge >= 0.3 is 11.7 Å². The van der Waals surface area contributed by atoms with Crippen molar-refractivity contribution in [1.29, 1.82) is 0 Å². The number of aromatic carboxylic acids is 1. The summed E-state index contributed by atoms with van der Waals surface area (Å²) in [5, 5.41) is 23.0. The average Bonchev–Trinajstić information content (AvgIpc) is 2.44. The Kier molecular flexibility index (Phi) is 4.13. The molecule has 1 heterocycles. The first kappa shape index (κ1) is 14.4. The van der Waals surface area contributed by atoms with Crippen molar-refractivity contribution >= 4 is 17.3 Å². The minimum atomic E-state index is -1.33. The molecule has 0 bridgehead atoms. The first-order chi connectivity index (χ1) is 9.99. The van der Waals surface area contributed by atoms with Crippen LogP contribution in [0.3, 0.4) is 0 Å². The summed E-state index contributed by atoms with van der Waals surface area (Å²) in [5.41, 5.74) is 0.913. The maximum absolute atomic E-state index is 11.1. The zero-order valence-electron chi connectivity index (χ0n) is 11.2.